The molecule has 3 aromatic rings. The Balaban J connectivity index is 0.000000157. The molecule has 0 spiro atoms. The highest BCUT2D eigenvalue weighted by atomic mass is 16.3. The Morgan fingerprint density at radius 2 is 1.19 bits per heavy atom. The van der Waals surface area contributed by atoms with Crippen molar-refractivity contribution in [2.24, 2.45) is 0 Å². The fraction of sp³-hybridized carbons (Fsp3) is 0.105. The fourth-order valence-electron chi connectivity index (χ4n) is 1.41. The third-order valence-electron chi connectivity index (χ3n) is 2.51. The highest BCUT2D eigenvalue weighted by Gasteiger charge is 1.75. The molecule has 3 rings (SSSR count). The number of hydrogen-bond acceptors (Lipinski definition) is 2. The van der Waals surface area contributed by atoms with Crippen molar-refractivity contribution in [2.45, 2.75) is 13.8 Å². The van der Waals surface area contributed by atoms with E-state index in [1.165, 1.54) is 11.1 Å². The topological polar surface area (TPSA) is 33.1 Å². The van der Waals surface area contributed by atoms with Crippen LogP contribution in [0.3, 0.4) is 0 Å². The van der Waals surface area contributed by atoms with Crippen LogP contribution >= 0.6 is 0 Å². The zero-order valence-corrected chi connectivity index (χ0v) is 12.5. The van der Waals surface area contributed by atoms with Gasteiger partial charge in [-0.25, -0.2) is 0 Å². The first-order valence-corrected chi connectivity index (χ1v) is 6.81. The average molecular weight is 279 g/mol. The van der Waals surface area contributed by atoms with E-state index in [-0.39, 0.29) is 0 Å². The summed E-state index contributed by atoms with van der Waals surface area (Å²) in [6, 6.07) is 22.9. The fourth-order valence-corrected chi connectivity index (χ4v) is 1.41. The number of benzene rings is 2. The molecule has 0 bridgehead atoms. The molecule has 0 unspecified atom stereocenters. The molecule has 0 aliphatic carbocycles. The number of rotatable bonds is 0. The van der Waals surface area contributed by atoms with E-state index in [1.807, 2.05) is 49.5 Å². The maximum absolute atomic E-state index is 8.63. The van der Waals surface area contributed by atoms with Crippen molar-refractivity contribution in [3.8, 4) is 5.75 Å². The second-order valence-corrected chi connectivity index (χ2v) is 4.52. The summed E-state index contributed by atoms with van der Waals surface area (Å²) < 4.78 is 0. The average Bonchev–Trinajstić information content (AvgIpc) is 2.51. The van der Waals surface area contributed by atoms with Crippen LogP contribution in [-0.4, -0.2) is 10.1 Å². The number of pyridine rings is 1. The van der Waals surface area contributed by atoms with Gasteiger partial charge in [0, 0.05) is 12.4 Å². The molecular weight excluding hydrogens is 258 g/mol. The number of para-hydroxylation sites is 1. The van der Waals surface area contributed by atoms with Crippen molar-refractivity contribution in [3.05, 3.63) is 96.3 Å². The van der Waals surface area contributed by atoms with Crippen molar-refractivity contribution in [3.63, 3.8) is 0 Å². The molecule has 0 aliphatic rings. The van der Waals surface area contributed by atoms with Gasteiger partial charge in [-0.15, -0.1) is 0 Å². The van der Waals surface area contributed by atoms with Crippen molar-refractivity contribution < 1.29 is 5.11 Å². The molecule has 1 heterocycles. The van der Waals surface area contributed by atoms with E-state index in [4.69, 9.17) is 5.11 Å². The van der Waals surface area contributed by atoms with Crippen LogP contribution in [-0.2, 0) is 0 Å². The quantitative estimate of drug-likeness (QED) is 0.642. The van der Waals surface area contributed by atoms with Crippen LogP contribution < -0.4 is 0 Å². The molecule has 1 aromatic heterocycles. The van der Waals surface area contributed by atoms with Gasteiger partial charge in [-0.3, -0.25) is 4.98 Å². The minimum Gasteiger partial charge on any atom is -0.508 e. The standard InChI is InChI=1S/C7H8.C6H7N.C6H6O/c1-7-5-3-2-4-6-7;1-6-3-2-4-7-5-6;7-6-4-2-1-3-5-6/h2-6H,1H3;2-5H,1H3;1-5,7H. The van der Waals surface area contributed by atoms with Gasteiger partial charge in [0.25, 0.3) is 0 Å². The molecule has 0 atom stereocenters. The smallest absolute Gasteiger partial charge is 0.115 e. The lowest BCUT2D eigenvalue weighted by atomic mass is 10.2. The lowest BCUT2D eigenvalue weighted by Gasteiger charge is -1.82. The van der Waals surface area contributed by atoms with E-state index in [0.717, 1.165) is 0 Å². The largest absolute Gasteiger partial charge is 0.508 e. The molecule has 1 N–H and O–H groups in total. The number of phenolic OH excluding ortho intramolecular Hbond substituents is 1. The number of aryl methyl sites for hydroxylation is 2. The van der Waals surface area contributed by atoms with E-state index in [9.17, 15) is 0 Å². The van der Waals surface area contributed by atoms with Gasteiger partial charge in [0.15, 0.2) is 0 Å². The lowest BCUT2D eigenvalue weighted by Crippen LogP contribution is -1.69. The molecule has 2 heteroatoms. The molecule has 0 saturated carbocycles. The third-order valence-corrected chi connectivity index (χ3v) is 2.51. The number of phenols is 1. The molecule has 21 heavy (non-hydrogen) atoms. The van der Waals surface area contributed by atoms with Gasteiger partial charge in [-0.2, -0.15) is 0 Å². The van der Waals surface area contributed by atoms with Gasteiger partial charge < -0.3 is 5.11 Å². The minimum absolute atomic E-state index is 0.322. The monoisotopic (exact) mass is 279 g/mol. The van der Waals surface area contributed by atoms with Crippen LogP contribution in [0.5, 0.6) is 5.75 Å². The zero-order valence-electron chi connectivity index (χ0n) is 12.5. The molecule has 2 nitrogen and oxygen atoms in total. The second-order valence-electron chi connectivity index (χ2n) is 4.52. The van der Waals surface area contributed by atoms with Crippen molar-refractivity contribution in [1.82, 2.24) is 4.98 Å². The number of aromatic nitrogens is 1. The molecular formula is C19H21NO. The van der Waals surface area contributed by atoms with Crippen LogP contribution in [0.25, 0.3) is 0 Å². The van der Waals surface area contributed by atoms with Crippen molar-refractivity contribution >= 4 is 0 Å². The van der Waals surface area contributed by atoms with Gasteiger partial charge in [0.2, 0.25) is 0 Å². The van der Waals surface area contributed by atoms with Crippen molar-refractivity contribution in [2.75, 3.05) is 0 Å². The Morgan fingerprint density at radius 3 is 1.43 bits per heavy atom. The Labute approximate surface area is 126 Å². The third kappa shape index (κ3) is 9.00. The summed E-state index contributed by atoms with van der Waals surface area (Å²) >= 11 is 0. The van der Waals surface area contributed by atoms with Crippen molar-refractivity contribution in [1.29, 1.82) is 0 Å². The molecule has 0 aliphatic heterocycles. The summed E-state index contributed by atoms with van der Waals surface area (Å²) in [7, 11) is 0. The maximum Gasteiger partial charge on any atom is 0.115 e. The SMILES string of the molecule is Cc1ccccc1.Cc1cccnc1.Oc1ccccc1. The normalized spacial score (nSPS) is 8.67. The van der Waals surface area contributed by atoms with Gasteiger partial charge in [0.1, 0.15) is 5.75 Å². The molecule has 0 fully saturated rings. The van der Waals surface area contributed by atoms with E-state index < -0.39 is 0 Å². The molecule has 2 aromatic carbocycles. The van der Waals surface area contributed by atoms with E-state index in [2.05, 4.69) is 24.0 Å². The first kappa shape index (κ1) is 16.4. The molecule has 0 amide bonds. The number of aromatic hydroxyl groups is 1. The molecule has 0 radical (unpaired) electrons. The van der Waals surface area contributed by atoms with E-state index >= 15 is 0 Å². The van der Waals surface area contributed by atoms with E-state index in [0.29, 0.717) is 5.75 Å². The predicted molar refractivity (Wildman–Crippen MR) is 88.3 cm³/mol. The highest BCUT2D eigenvalue weighted by molar-refractivity contribution is 5.18. The number of nitrogens with zero attached hydrogens (tertiary/aromatic N) is 1. The molecule has 108 valence electrons. The Kier molecular flexibility index (Phi) is 8.00. The van der Waals surface area contributed by atoms with Crippen LogP contribution in [0.1, 0.15) is 11.1 Å². The van der Waals surface area contributed by atoms with Crippen LogP contribution in [0, 0.1) is 13.8 Å². The number of hydrogen-bond donors (Lipinski definition) is 1. The van der Waals surface area contributed by atoms with Gasteiger partial charge in [0.05, 0.1) is 0 Å². The van der Waals surface area contributed by atoms with Gasteiger partial charge >= 0.3 is 0 Å². The Morgan fingerprint density at radius 1 is 0.667 bits per heavy atom. The highest BCUT2D eigenvalue weighted by Crippen LogP contribution is 2.02. The van der Waals surface area contributed by atoms with E-state index in [1.54, 1.807) is 30.5 Å². The maximum atomic E-state index is 8.63. The summed E-state index contributed by atoms with van der Waals surface area (Å²) in [5.41, 5.74) is 2.53. The summed E-state index contributed by atoms with van der Waals surface area (Å²) in [6.07, 6.45) is 3.60. The van der Waals surface area contributed by atoms with Crippen LogP contribution in [0.2, 0.25) is 0 Å². The molecule has 0 saturated heterocycles. The summed E-state index contributed by atoms with van der Waals surface area (Å²) in [5.74, 6) is 0.322. The first-order chi connectivity index (χ1) is 10.2. The summed E-state index contributed by atoms with van der Waals surface area (Å²) in [6.45, 7) is 4.10. The van der Waals surface area contributed by atoms with Crippen LogP contribution in [0.4, 0.5) is 0 Å². The van der Waals surface area contributed by atoms with Crippen LogP contribution in [0.15, 0.2) is 85.2 Å². The minimum atomic E-state index is 0.322. The zero-order chi connectivity index (χ0) is 15.3. The first-order valence-electron chi connectivity index (χ1n) is 6.81. The predicted octanol–water partition coefficient (Wildman–Crippen LogP) is 4.78. The Bertz CT molecular complexity index is 491. The second kappa shape index (κ2) is 10.2. The van der Waals surface area contributed by atoms with Gasteiger partial charge in [-0.05, 0) is 37.6 Å². The Hall–Kier alpha value is -2.61. The van der Waals surface area contributed by atoms with Gasteiger partial charge in [-0.1, -0.05) is 60.2 Å². The summed E-state index contributed by atoms with van der Waals surface area (Å²) in [4.78, 5) is 3.88. The lowest BCUT2D eigenvalue weighted by molar-refractivity contribution is 0.475. The summed E-state index contributed by atoms with van der Waals surface area (Å²) in [5, 5.41) is 8.63.